The van der Waals surface area contributed by atoms with Gasteiger partial charge in [-0.2, -0.15) is 13.2 Å². The molecule has 2 atom stereocenters. The summed E-state index contributed by atoms with van der Waals surface area (Å²) < 4.78 is 43.7. The molecule has 8 heteroatoms. The maximum atomic E-state index is 12.6. The quantitative estimate of drug-likeness (QED) is 0.863. The first-order valence-corrected chi connectivity index (χ1v) is 9.54. The number of pyridine rings is 1. The highest BCUT2D eigenvalue weighted by Crippen LogP contribution is 2.30. The molecular weight excluding hydrogens is 359 g/mol. The van der Waals surface area contributed by atoms with Crippen LogP contribution in [0.4, 0.5) is 19.0 Å². The molecule has 0 saturated carbocycles. The van der Waals surface area contributed by atoms with Gasteiger partial charge in [-0.15, -0.1) is 0 Å². The van der Waals surface area contributed by atoms with Crippen molar-refractivity contribution in [3.05, 3.63) is 23.9 Å². The number of rotatable bonds is 4. The molecule has 3 rings (SSSR count). The topological polar surface area (TPSA) is 54.5 Å². The van der Waals surface area contributed by atoms with Crippen molar-refractivity contribution >= 4 is 11.7 Å². The van der Waals surface area contributed by atoms with Gasteiger partial charge in [-0.05, 0) is 51.2 Å². The Morgan fingerprint density at radius 3 is 2.59 bits per heavy atom. The van der Waals surface area contributed by atoms with Gasteiger partial charge >= 0.3 is 6.18 Å². The van der Waals surface area contributed by atoms with Crippen LogP contribution in [0.15, 0.2) is 18.3 Å². The molecule has 1 N–H and O–H groups in total. The van der Waals surface area contributed by atoms with Crippen molar-refractivity contribution in [3.8, 4) is 0 Å². The fourth-order valence-corrected chi connectivity index (χ4v) is 3.72. The second kappa shape index (κ2) is 8.46. The van der Waals surface area contributed by atoms with Gasteiger partial charge in [0.2, 0.25) is 5.91 Å². The first-order valence-electron chi connectivity index (χ1n) is 9.54. The van der Waals surface area contributed by atoms with Gasteiger partial charge in [-0.25, -0.2) is 4.98 Å². The molecule has 1 aromatic rings. The summed E-state index contributed by atoms with van der Waals surface area (Å²) in [4.78, 5) is 18.3. The van der Waals surface area contributed by atoms with Gasteiger partial charge < -0.3 is 15.0 Å². The molecule has 150 valence electrons. The van der Waals surface area contributed by atoms with E-state index in [4.69, 9.17) is 4.74 Å². The summed E-state index contributed by atoms with van der Waals surface area (Å²) >= 11 is 0. The maximum absolute atomic E-state index is 12.6. The summed E-state index contributed by atoms with van der Waals surface area (Å²) in [7, 11) is 0. The Kier molecular flexibility index (Phi) is 6.24. The lowest BCUT2D eigenvalue weighted by molar-refractivity contribution is -0.137. The molecule has 5 nitrogen and oxygen atoms in total. The SMILES string of the molecule is CC1CCCC(CNC(=O)C2CCN(c3ccc(C(F)(F)F)cn3)CC2)O1. The van der Waals surface area contributed by atoms with Gasteiger partial charge in [0.15, 0.2) is 0 Å². The van der Waals surface area contributed by atoms with Crippen molar-refractivity contribution in [3.63, 3.8) is 0 Å². The van der Waals surface area contributed by atoms with Crippen molar-refractivity contribution in [1.29, 1.82) is 0 Å². The molecule has 0 aliphatic carbocycles. The summed E-state index contributed by atoms with van der Waals surface area (Å²) in [5, 5.41) is 3.00. The Morgan fingerprint density at radius 2 is 2.00 bits per heavy atom. The van der Waals surface area contributed by atoms with E-state index in [0.29, 0.717) is 38.3 Å². The number of nitrogens with one attached hydrogen (secondary N) is 1. The standard InChI is InChI=1S/C19H26F3N3O2/c1-13-3-2-4-16(27-13)12-24-18(26)14-7-9-25(10-8-14)17-6-5-15(11-23-17)19(20,21)22/h5-6,11,13-14,16H,2-4,7-10,12H2,1H3,(H,24,26). The van der Waals surface area contributed by atoms with E-state index >= 15 is 0 Å². The fourth-order valence-electron chi connectivity index (χ4n) is 3.72. The first kappa shape index (κ1) is 19.9. The number of halogens is 3. The van der Waals surface area contributed by atoms with Gasteiger partial charge in [0, 0.05) is 31.7 Å². The fraction of sp³-hybridized carbons (Fsp3) is 0.684. The number of carbonyl (C=O) groups excluding carboxylic acids is 1. The Hall–Kier alpha value is -1.83. The second-order valence-corrected chi connectivity index (χ2v) is 7.41. The lowest BCUT2D eigenvalue weighted by atomic mass is 9.95. The van der Waals surface area contributed by atoms with Crippen LogP contribution in [0.1, 0.15) is 44.6 Å². The molecule has 0 bridgehead atoms. The van der Waals surface area contributed by atoms with E-state index in [2.05, 4.69) is 17.2 Å². The van der Waals surface area contributed by atoms with Crippen LogP contribution in [0.3, 0.4) is 0 Å². The lowest BCUT2D eigenvalue weighted by Gasteiger charge is -2.33. The molecule has 0 aromatic carbocycles. The number of aromatic nitrogens is 1. The van der Waals surface area contributed by atoms with Crippen LogP contribution in [0.25, 0.3) is 0 Å². The van der Waals surface area contributed by atoms with Gasteiger partial charge in [0.25, 0.3) is 0 Å². The minimum absolute atomic E-state index is 0.0388. The predicted octanol–water partition coefficient (Wildman–Crippen LogP) is 3.39. The van der Waals surface area contributed by atoms with Crippen LogP contribution in [0.5, 0.6) is 0 Å². The van der Waals surface area contributed by atoms with Crippen LogP contribution in [0.2, 0.25) is 0 Å². The highest BCUT2D eigenvalue weighted by atomic mass is 19.4. The minimum Gasteiger partial charge on any atom is -0.373 e. The van der Waals surface area contributed by atoms with E-state index in [1.807, 2.05) is 4.90 Å². The van der Waals surface area contributed by atoms with E-state index in [9.17, 15) is 18.0 Å². The summed E-state index contributed by atoms with van der Waals surface area (Å²) in [6.45, 7) is 3.81. The van der Waals surface area contributed by atoms with E-state index in [1.165, 1.54) is 6.07 Å². The van der Waals surface area contributed by atoms with E-state index in [0.717, 1.165) is 31.5 Å². The first-order chi connectivity index (χ1) is 12.8. The molecule has 2 unspecified atom stereocenters. The third-order valence-electron chi connectivity index (χ3n) is 5.33. The average Bonchev–Trinajstić information content (AvgIpc) is 2.66. The Bertz CT molecular complexity index is 628. The molecule has 27 heavy (non-hydrogen) atoms. The van der Waals surface area contributed by atoms with Gasteiger partial charge in [0.05, 0.1) is 17.8 Å². The number of anilines is 1. The summed E-state index contributed by atoms with van der Waals surface area (Å²) in [6.07, 6.45) is 1.32. The number of nitrogens with zero attached hydrogens (tertiary/aromatic N) is 2. The number of ether oxygens (including phenoxy) is 1. The summed E-state index contributed by atoms with van der Waals surface area (Å²) in [5.41, 5.74) is -0.750. The highest BCUT2D eigenvalue weighted by molar-refractivity contribution is 5.79. The Morgan fingerprint density at radius 1 is 1.26 bits per heavy atom. The highest BCUT2D eigenvalue weighted by Gasteiger charge is 2.31. The lowest BCUT2D eigenvalue weighted by Crippen LogP contribution is -2.44. The predicted molar refractivity (Wildman–Crippen MR) is 95.4 cm³/mol. The van der Waals surface area contributed by atoms with Gasteiger partial charge in [-0.1, -0.05) is 0 Å². The zero-order chi connectivity index (χ0) is 19.4. The summed E-state index contributed by atoms with van der Waals surface area (Å²) in [5.74, 6) is 0.486. The molecule has 1 aromatic heterocycles. The zero-order valence-corrected chi connectivity index (χ0v) is 15.5. The van der Waals surface area contributed by atoms with Crippen LogP contribution < -0.4 is 10.2 Å². The third kappa shape index (κ3) is 5.34. The molecule has 2 saturated heterocycles. The molecular formula is C19H26F3N3O2. The van der Waals surface area contributed by atoms with E-state index in [-0.39, 0.29) is 24.0 Å². The number of carbonyl (C=O) groups is 1. The van der Waals surface area contributed by atoms with E-state index in [1.54, 1.807) is 0 Å². The van der Waals surface area contributed by atoms with Crippen LogP contribution in [0, 0.1) is 5.92 Å². The molecule has 2 aliphatic heterocycles. The van der Waals surface area contributed by atoms with Crippen LogP contribution in [-0.4, -0.2) is 42.7 Å². The van der Waals surface area contributed by atoms with Gasteiger partial charge in [0.1, 0.15) is 5.82 Å². The van der Waals surface area contributed by atoms with Crippen molar-refractivity contribution in [1.82, 2.24) is 10.3 Å². The number of hydrogen-bond donors (Lipinski definition) is 1. The van der Waals surface area contributed by atoms with Crippen molar-refractivity contribution in [2.45, 2.75) is 57.4 Å². The van der Waals surface area contributed by atoms with Crippen LogP contribution >= 0.6 is 0 Å². The Balaban J connectivity index is 1.45. The summed E-state index contributed by atoms with van der Waals surface area (Å²) in [6, 6.07) is 2.44. The average molecular weight is 385 g/mol. The molecule has 0 radical (unpaired) electrons. The molecule has 3 heterocycles. The molecule has 2 fully saturated rings. The number of hydrogen-bond acceptors (Lipinski definition) is 4. The number of piperidine rings is 1. The largest absolute Gasteiger partial charge is 0.417 e. The van der Waals surface area contributed by atoms with Crippen molar-refractivity contribution in [2.24, 2.45) is 5.92 Å². The second-order valence-electron chi connectivity index (χ2n) is 7.41. The van der Waals surface area contributed by atoms with E-state index < -0.39 is 11.7 Å². The normalized spacial score (nSPS) is 24.7. The number of alkyl halides is 3. The monoisotopic (exact) mass is 385 g/mol. The molecule has 0 spiro atoms. The number of amides is 1. The van der Waals surface area contributed by atoms with Crippen molar-refractivity contribution < 1.29 is 22.7 Å². The smallest absolute Gasteiger partial charge is 0.373 e. The van der Waals surface area contributed by atoms with Gasteiger partial charge in [-0.3, -0.25) is 4.79 Å². The molecule has 2 aliphatic rings. The Labute approximate surface area is 157 Å². The maximum Gasteiger partial charge on any atom is 0.417 e. The molecule has 1 amide bonds. The minimum atomic E-state index is -4.38. The third-order valence-corrected chi connectivity index (χ3v) is 5.33. The zero-order valence-electron chi connectivity index (χ0n) is 15.5. The van der Waals surface area contributed by atoms with Crippen molar-refractivity contribution in [2.75, 3.05) is 24.5 Å². The van der Waals surface area contributed by atoms with Crippen LogP contribution in [-0.2, 0) is 15.7 Å².